The highest BCUT2D eigenvalue weighted by molar-refractivity contribution is 5.77. The molecule has 3 aromatic heterocycles. The van der Waals surface area contributed by atoms with Gasteiger partial charge in [0.15, 0.2) is 0 Å². The van der Waals surface area contributed by atoms with Crippen LogP contribution in [0.1, 0.15) is 61.6 Å². The molecule has 8 nitrogen and oxygen atoms in total. The van der Waals surface area contributed by atoms with E-state index in [4.69, 9.17) is 4.98 Å². The van der Waals surface area contributed by atoms with Crippen molar-refractivity contribution in [1.29, 1.82) is 0 Å². The Morgan fingerprint density at radius 3 is 2.67 bits per heavy atom. The number of nitrogens with zero attached hydrogens (tertiary/aromatic N) is 6. The minimum Gasteiger partial charge on any atom is -0.333 e. The fourth-order valence-electron chi connectivity index (χ4n) is 4.49. The second kappa shape index (κ2) is 10.0. The van der Waals surface area contributed by atoms with Crippen LogP contribution in [0, 0.1) is 13.8 Å². The summed E-state index contributed by atoms with van der Waals surface area (Å²) in [6.45, 7) is 6.34. The van der Waals surface area contributed by atoms with Gasteiger partial charge in [0.1, 0.15) is 12.4 Å². The first kappa shape index (κ1) is 22.8. The van der Waals surface area contributed by atoms with E-state index in [-0.39, 0.29) is 24.2 Å². The van der Waals surface area contributed by atoms with E-state index in [2.05, 4.69) is 21.9 Å². The van der Waals surface area contributed by atoms with E-state index in [1.807, 2.05) is 36.2 Å². The van der Waals surface area contributed by atoms with Crippen LogP contribution in [0.15, 0.2) is 41.6 Å². The molecular weight excluding hydrogens is 416 g/mol. The zero-order valence-corrected chi connectivity index (χ0v) is 19.5. The Labute approximate surface area is 193 Å². The largest absolute Gasteiger partial charge is 0.348 e. The lowest BCUT2D eigenvalue weighted by molar-refractivity contribution is -0.136. The van der Waals surface area contributed by atoms with Crippen LogP contribution in [-0.4, -0.2) is 41.9 Å². The summed E-state index contributed by atoms with van der Waals surface area (Å²) in [5, 5.41) is 0. The predicted octanol–water partition coefficient (Wildman–Crippen LogP) is 3.42. The van der Waals surface area contributed by atoms with Crippen LogP contribution in [0.3, 0.4) is 0 Å². The predicted molar refractivity (Wildman–Crippen MR) is 126 cm³/mol. The Hall–Kier alpha value is -3.42. The van der Waals surface area contributed by atoms with Crippen LogP contribution < -0.4 is 5.69 Å². The van der Waals surface area contributed by atoms with Crippen molar-refractivity contribution < 1.29 is 4.79 Å². The Morgan fingerprint density at radius 1 is 1.15 bits per heavy atom. The van der Waals surface area contributed by atoms with Crippen molar-refractivity contribution in [2.75, 3.05) is 6.54 Å². The van der Waals surface area contributed by atoms with E-state index in [1.54, 1.807) is 19.3 Å². The first-order chi connectivity index (χ1) is 16.0. The third-order valence-electron chi connectivity index (χ3n) is 6.11. The molecule has 1 atom stereocenters. The van der Waals surface area contributed by atoms with Crippen LogP contribution in [-0.2, 0) is 17.8 Å². The Balaban J connectivity index is 1.72. The summed E-state index contributed by atoms with van der Waals surface area (Å²) in [6, 6.07) is 5.54. The maximum atomic E-state index is 13.5. The molecule has 1 aliphatic heterocycles. The number of likely N-dealkylation sites (tertiary alicyclic amines) is 1. The molecule has 4 rings (SSSR count). The quantitative estimate of drug-likeness (QED) is 0.576. The zero-order valence-electron chi connectivity index (χ0n) is 19.5. The lowest BCUT2D eigenvalue weighted by Gasteiger charge is -2.36. The molecule has 0 aromatic carbocycles. The van der Waals surface area contributed by atoms with Gasteiger partial charge in [0, 0.05) is 48.5 Å². The Morgan fingerprint density at radius 2 is 1.94 bits per heavy atom. The molecule has 33 heavy (non-hydrogen) atoms. The summed E-state index contributed by atoms with van der Waals surface area (Å²) in [5.74, 6) is 0.699. The third-order valence-corrected chi connectivity index (χ3v) is 6.11. The summed E-state index contributed by atoms with van der Waals surface area (Å²) < 4.78 is 1.45. The Bertz CT molecular complexity index is 1190. The maximum Gasteiger partial charge on any atom is 0.348 e. The van der Waals surface area contributed by atoms with E-state index in [9.17, 15) is 9.59 Å². The van der Waals surface area contributed by atoms with Gasteiger partial charge in [-0.2, -0.15) is 4.98 Å². The number of carbonyl (C=O) groups excluding carboxylic acids is 1. The second-order valence-corrected chi connectivity index (χ2v) is 8.58. The van der Waals surface area contributed by atoms with Crippen molar-refractivity contribution >= 4 is 5.91 Å². The van der Waals surface area contributed by atoms with E-state index < -0.39 is 0 Å². The minimum atomic E-state index is -0.390. The number of aryl methyl sites for hydroxylation is 3. The van der Waals surface area contributed by atoms with Crippen LogP contribution >= 0.6 is 0 Å². The molecule has 1 saturated heterocycles. The first-order valence-corrected chi connectivity index (χ1v) is 11.6. The number of hydrogen-bond acceptors (Lipinski definition) is 6. The molecule has 0 unspecified atom stereocenters. The summed E-state index contributed by atoms with van der Waals surface area (Å²) in [5.41, 5.74) is 3.78. The van der Waals surface area contributed by atoms with Gasteiger partial charge in [0.25, 0.3) is 0 Å². The van der Waals surface area contributed by atoms with Crippen LogP contribution in [0.5, 0.6) is 0 Å². The molecule has 4 heterocycles. The fraction of sp³-hybridized carbons (Fsp3) is 0.440. The number of amides is 1. The smallest absolute Gasteiger partial charge is 0.333 e. The molecule has 0 N–H and O–H groups in total. The summed E-state index contributed by atoms with van der Waals surface area (Å²) in [4.78, 5) is 45.5. The number of aromatic nitrogens is 5. The highest BCUT2D eigenvalue weighted by atomic mass is 16.2. The van der Waals surface area contributed by atoms with E-state index in [0.29, 0.717) is 12.2 Å². The van der Waals surface area contributed by atoms with Crippen LogP contribution in [0.4, 0.5) is 0 Å². The molecule has 8 heteroatoms. The van der Waals surface area contributed by atoms with Crippen molar-refractivity contribution in [3.63, 3.8) is 0 Å². The lowest BCUT2D eigenvalue weighted by atomic mass is 9.94. The number of hydrogen-bond donors (Lipinski definition) is 0. The summed E-state index contributed by atoms with van der Waals surface area (Å²) in [6.07, 6.45) is 9.88. The minimum absolute atomic E-state index is 0.0219. The first-order valence-electron chi connectivity index (χ1n) is 11.6. The summed E-state index contributed by atoms with van der Waals surface area (Å²) in [7, 11) is 0. The van der Waals surface area contributed by atoms with Gasteiger partial charge in [0.05, 0.1) is 11.7 Å². The molecular formula is C25H30N6O2. The van der Waals surface area contributed by atoms with Gasteiger partial charge in [0.2, 0.25) is 5.91 Å². The van der Waals surface area contributed by atoms with Gasteiger partial charge < -0.3 is 4.90 Å². The van der Waals surface area contributed by atoms with Crippen molar-refractivity contribution in [2.45, 2.75) is 65.5 Å². The van der Waals surface area contributed by atoms with Gasteiger partial charge in [-0.1, -0.05) is 6.92 Å². The van der Waals surface area contributed by atoms with Crippen molar-refractivity contribution in [3.05, 3.63) is 70.2 Å². The highest BCUT2D eigenvalue weighted by Crippen LogP contribution is 2.35. The van der Waals surface area contributed by atoms with Gasteiger partial charge in [-0.25, -0.2) is 14.8 Å². The van der Waals surface area contributed by atoms with E-state index in [0.717, 1.165) is 60.4 Å². The molecule has 0 bridgehead atoms. The number of pyridine rings is 1. The van der Waals surface area contributed by atoms with Crippen LogP contribution in [0.2, 0.25) is 0 Å². The number of piperidine rings is 1. The normalized spacial score (nSPS) is 16.1. The fourth-order valence-corrected chi connectivity index (χ4v) is 4.49. The van der Waals surface area contributed by atoms with E-state index >= 15 is 0 Å². The molecule has 0 spiro atoms. The molecule has 172 valence electrons. The van der Waals surface area contributed by atoms with Gasteiger partial charge in [-0.15, -0.1) is 0 Å². The SMILES string of the molecule is CCCc1ncc(-c2ccncc2)c([C@H]2CCCCN2C(=O)Cn2c(C)cc(C)nc2=O)n1. The van der Waals surface area contributed by atoms with Crippen molar-refractivity contribution in [1.82, 2.24) is 29.4 Å². The van der Waals surface area contributed by atoms with Crippen molar-refractivity contribution in [3.8, 4) is 11.1 Å². The zero-order chi connectivity index (χ0) is 23.4. The molecule has 3 aromatic rings. The number of rotatable bonds is 6. The highest BCUT2D eigenvalue weighted by Gasteiger charge is 2.31. The second-order valence-electron chi connectivity index (χ2n) is 8.58. The van der Waals surface area contributed by atoms with Gasteiger partial charge in [-0.05, 0) is 63.3 Å². The van der Waals surface area contributed by atoms with Gasteiger partial charge >= 0.3 is 5.69 Å². The molecule has 0 radical (unpaired) electrons. The average molecular weight is 447 g/mol. The van der Waals surface area contributed by atoms with Crippen LogP contribution in [0.25, 0.3) is 11.1 Å². The van der Waals surface area contributed by atoms with E-state index in [1.165, 1.54) is 4.57 Å². The molecule has 0 saturated carbocycles. The molecule has 1 aliphatic rings. The maximum absolute atomic E-state index is 13.5. The number of carbonyl (C=O) groups is 1. The topological polar surface area (TPSA) is 93.9 Å². The Kier molecular flexibility index (Phi) is 6.91. The average Bonchev–Trinajstić information content (AvgIpc) is 2.82. The van der Waals surface area contributed by atoms with Crippen molar-refractivity contribution in [2.24, 2.45) is 0 Å². The molecule has 1 fully saturated rings. The standard InChI is InChI=1S/C25H30N6O2/c1-4-7-22-27-15-20(19-9-11-26-12-10-19)24(29-22)21-8-5-6-13-30(21)23(32)16-31-18(3)14-17(2)28-25(31)33/h9-12,14-15,21H,4-8,13,16H2,1-3H3/t21-/m1/s1. The molecule has 0 aliphatic carbocycles. The van der Waals surface area contributed by atoms with Gasteiger partial charge in [-0.3, -0.25) is 14.3 Å². The summed E-state index contributed by atoms with van der Waals surface area (Å²) >= 11 is 0. The monoisotopic (exact) mass is 446 g/mol. The lowest BCUT2D eigenvalue weighted by Crippen LogP contribution is -2.43. The molecule has 1 amide bonds. The third kappa shape index (κ3) is 4.99.